The standard InChI is InChI=1S/C23H24BrN5O/c1-4-9-20-25-15(3)21-23(26-17-11-8-10-16(24)14-17)27-22(28-29(20)21)18-12-6-7-13-19(18)30-5-2/h6-8,10-14H,4-5,9H2,1-3H3,(H,26,27,28). The molecule has 0 fully saturated rings. The summed E-state index contributed by atoms with van der Waals surface area (Å²) >= 11 is 3.54. The van der Waals surface area contributed by atoms with Gasteiger partial charge in [-0.05, 0) is 50.6 Å². The highest BCUT2D eigenvalue weighted by molar-refractivity contribution is 9.10. The van der Waals surface area contributed by atoms with E-state index in [1.54, 1.807) is 0 Å². The topological polar surface area (TPSA) is 64.3 Å². The Bertz CT molecular complexity index is 1190. The Morgan fingerprint density at radius 3 is 2.67 bits per heavy atom. The number of hydrogen-bond donors (Lipinski definition) is 1. The van der Waals surface area contributed by atoms with Crippen LogP contribution >= 0.6 is 15.9 Å². The summed E-state index contributed by atoms with van der Waals surface area (Å²) in [4.78, 5) is 9.67. The van der Waals surface area contributed by atoms with Crippen LogP contribution in [0, 0.1) is 6.92 Å². The van der Waals surface area contributed by atoms with E-state index in [0.717, 1.165) is 57.2 Å². The molecule has 4 aromatic rings. The van der Waals surface area contributed by atoms with Crippen molar-refractivity contribution < 1.29 is 4.74 Å². The number of aromatic nitrogens is 4. The highest BCUT2D eigenvalue weighted by atomic mass is 79.9. The number of anilines is 2. The van der Waals surface area contributed by atoms with Crippen LogP contribution in [0.2, 0.25) is 0 Å². The monoisotopic (exact) mass is 465 g/mol. The smallest absolute Gasteiger partial charge is 0.185 e. The lowest BCUT2D eigenvalue weighted by molar-refractivity contribution is 0.341. The second-order valence-electron chi connectivity index (χ2n) is 6.97. The van der Waals surface area contributed by atoms with Crippen molar-refractivity contribution >= 4 is 33.0 Å². The van der Waals surface area contributed by atoms with Gasteiger partial charge in [0.25, 0.3) is 0 Å². The molecule has 0 aliphatic rings. The van der Waals surface area contributed by atoms with Crippen LogP contribution in [-0.2, 0) is 6.42 Å². The minimum Gasteiger partial charge on any atom is -0.493 e. The van der Waals surface area contributed by atoms with Crippen molar-refractivity contribution in [3.05, 3.63) is 64.5 Å². The quantitative estimate of drug-likeness (QED) is 0.364. The molecule has 7 heteroatoms. The average Bonchev–Trinajstić information content (AvgIpc) is 3.05. The Morgan fingerprint density at radius 1 is 1.07 bits per heavy atom. The van der Waals surface area contributed by atoms with Gasteiger partial charge in [0.05, 0.1) is 17.9 Å². The molecule has 6 nitrogen and oxygen atoms in total. The molecule has 0 atom stereocenters. The maximum absolute atomic E-state index is 5.83. The van der Waals surface area contributed by atoms with Gasteiger partial charge < -0.3 is 10.1 Å². The Morgan fingerprint density at radius 2 is 1.90 bits per heavy atom. The van der Waals surface area contributed by atoms with Crippen molar-refractivity contribution in [1.29, 1.82) is 0 Å². The summed E-state index contributed by atoms with van der Waals surface area (Å²) in [6, 6.07) is 15.9. The van der Waals surface area contributed by atoms with Crippen molar-refractivity contribution in [2.75, 3.05) is 11.9 Å². The number of nitrogens with zero attached hydrogens (tertiary/aromatic N) is 4. The molecule has 2 heterocycles. The zero-order valence-electron chi connectivity index (χ0n) is 17.3. The van der Waals surface area contributed by atoms with Crippen LogP contribution in [-0.4, -0.2) is 26.2 Å². The van der Waals surface area contributed by atoms with Gasteiger partial charge in [-0.1, -0.05) is 41.1 Å². The van der Waals surface area contributed by atoms with Gasteiger partial charge in [-0.2, -0.15) is 0 Å². The SMILES string of the molecule is CCCc1nc(C)c2c(Nc3cccc(Br)c3)nc(-c3ccccc3OCC)nn12. The van der Waals surface area contributed by atoms with Crippen LogP contribution in [0.15, 0.2) is 53.0 Å². The maximum atomic E-state index is 5.83. The van der Waals surface area contributed by atoms with Crippen molar-refractivity contribution in [2.45, 2.75) is 33.6 Å². The van der Waals surface area contributed by atoms with Crippen molar-refractivity contribution in [2.24, 2.45) is 0 Å². The number of rotatable bonds is 7. The number of aryl methyl sites for hydroxylation is 2. The van der Waals surface area contributed by atoms with E-state index < -0.39 is 0 Å². The molecule has 0 bridgehead atoms. The molecule has 2 aromatic carbocycles. The van der Waals surface area contributed by atoms with Crippen LogP contribution in [0.5, 0.6) is 5.75 Å². The van der Waals surface area contributed by atoms with Gasteiger partial charge in [0.15, 0.2) is 11.6 Å². The fourth-order valence-corrected chi connectivity index (χ4v) is 3.85. The molecule has 0 radical (unpaired) electrons. The Balaban J connectivity index is 1.93. The Labute approximate surface area is 184 Å². The van der Waals surface area contributed by atoms with E-state index in [9.17, 15) is 0 Å². The molecule has 30 heavy (non-hydrogen) atoms. The first-order valence-corrected chi connectivity index (χ1v) is 10.9. The molecule has 0 saturated heterocycles. The molecular weight excluding hydrogens is 442 g/mol. The van der Waals surface area contributed by atoms with Gasteiger partial charge in [-0.15, -0.1) is 5.10 Å². The minimum atomic E-state index is 0.577. The second-order valence-corrected chi connectivity index (χ2v) is 7.89. The summed E-state index contributed by atoms with van der Waals surface area (Å²) in [7, 11) is 0. The molecule has 0 unspecified atom stereocenters. The summed E-state index contributed by atoms with van der Waals surface area (Å²) in [6.07, 6.45) is 1.83. The fraction of sp³-hybridized carbons (Fsp3) is 0.261. The predicted octanol–water partition coefficient (Wildman–Crippen LogP) is 5.96. The molecule has 4 rings (SSSR count). The molecular formula is C23H24BrN5O. The summed E-state index contributed by atoms with van der Waals surface area (Å²) in [5.41, 5.74) is 3.58. The third-order valence-corrected chi connectivity index (χ3v) is 5.21. The molecule has 1 N–H and O–H groups in total. The van der Waals surface area contributed by atoms with Crippen LogP contribution in [0.25, 0.3) is 16.9 Å². The first-order chi connectivity index (χ1) is 14.6. The molecule has 0 aliphatic heterocycles. The van der Waals surface area contributed by atoms with E-state index in [1.165, 1.54) is 0 Å². The number of benzene rings is 2. The van der Waals surface area contributed by atoms with Crippen LogP contribution < -0.4 is 10.1 Å². The number of nitrogens with one attached hydrogen (secondary N) is 1. The summed E-state index contributed by atoms with van der Waals surface area (Å²) < 4.78 is 8.75. The second kappa shape index (κ2) is 8.83. The highest BCUT2D eigenvalue weighted by Crippen LogP contribution is 2.31. The third-order valence-electron chi connectivity index (χ3n) is 4.72. The van der Waals surface area contributed by atoms with Gasteiger partial charge in [0.1, 0.15) is 17.1 Å². The predicted molar refractivity (Wildman–Crippen MR) is 124 cm³/mol. The summed E-state index contributed by atoms with van der Waals surface area (Å²) in [5.74, 6) is 3.01. The van der Waals surface area contributed by atoms with E-state index in [1.807, 2.05) is 66.9 Å². The molecule has 0 amide bonds. The van der Waals surface area contributed by atoms with Crippen LogP contribution in [0.1, 0.15) is 31.8 Å². The lowest BCUT2D eigenvalue weighted by Crippen LogP contribution is -2.07. The number of hydrogen-bond acceptors (Lipinski definition) is 5. The largest absolute Gasteiger partial charge is 0.493 e. The lowest BCUT2D eigenvalue weighted by Gasteiger charge is -2.13. The lowest BCUT2D eigenvalue weighted by atomic mass is 10.2. The molecule has 0 spiro atoms. The van der Waals surface area contributed by atoms with Gasteiger partial charge >= 0.3 is 0 Å². The van der Waals surface area contributed by atoms with Crippen molar-refractivity contribution in [1.82, 2.24) is 19.6 Å². The molecule has 0 aliphatic carbocycles. The minimum absolute atomic E-state index is 0.577. The average molecular weight is 466 g/mol. The van der Waals surface area contributed by atoms with Crippen LogP contribution in [0.3, 0.4) is 0 Å². The number of imidazole rings is 1. The molecule has 0 saturated carbocycles. The van der Waals surface area contributed by atoms with E-state index in [0.29, 0.717) is 12.4 Å². The maximum Gasteiger partial charge on any atom is 0.185 e. The number of fused-ring (bicyclic) bond motifs is 1. The first kappa shape index (κ1) is 20.3. The van der Waals surface area contributed by atoms with Crippen molar-refractivity contribution in [3.63, 3.8) is 0 Å². The van der Waals surface area contributed by atoms with Crippen molar-refractivity contribution in [3.8, 4) is 17.1 Å². The molecule has 154 valence electrons. The number of ether oxygens (including phenoxy) is 1. The molecule has 2 aromatic heterocycles. The zero-order valence-corrected chi connectivity index (χ0v) is 18.9. The van der Waals surface area contributed by atoms with E-state index in [2.05, 4.69) is 28.2 Å². The van der Waals surface area contributed by atoms with Gasteiger partial charge in [-0.25, -0.2) is 14.5 Å². The Kier molecular flexibility index (Phi) is 5.99. The first-order valence-electron chi connectivity index (χ1n) is 10.1. The van der Waals surface area contributed by atoms with Crippen LogP contribution in [0.4, 0.5) is 11.5 Å². The summed E-state index contributed by atoms with van der Waals surface area (Å²) in [6.45, 7) is 6.69. The Hall–Kier alpha value is -2.93. The fourth-order valence-electron chi connectivity index (χ4n) is 3.45. The zero-order chi connectivity index (χ0) is 21.1. The number of para-hydroxylation sites is 1. The van der Waals surface area contributed by atoms with E-state index >= 15 is 0 Å². The third kappa shape index (κ3) is 4.03. The van der Waals surface area contributed by atoms with Gasteiger partial charge in [0, 0.05) is 16.6 Å². The van der Waals surface area contributed by atoms with E-state index in [4.69, 9.17) is 19.8 Å². The van der Waals surface area contributed by atoms with E-state index in [-0.39, 0.29) is 0 Å². The normalized spacial score (nSPS) is 11.1. The summed E-state index contributed by atoms with van der Waals surface area (Å²) in [5, 5.41) is 8.32. The van der Waals surface area contributed by atoms with Gasteiger partial charge in [-0.3, -0.25) is 0 Å². The van der Waals surface area contributed by atoms with Gasteiger partial charge in [0.2, 0.25) is 0 Å². The number of halogens is 1. The highest BCUT2D eigenvalue weighted by Gasteiger charge is 2.19.